The van der Waals surface area contributed by atoms with Gasteiger partial charge in [0.25, 0.3) is 5.56 Å². The molecule has 0 radical (unpaired) electrons. The van der Waals surface area contributed by atoms with E-state index in [0.29, 0.717) is 17.3 Å². The Morgan fingerprint density at radius 2 is 1.91 bits per heavy atom. The Hall–Kier alpha value is -1.99. The second kappa shape index (κ2) is 7.33. The number of H-pyrrole nitrogens is 1. The van der Waals surface area contributed by atoms with Gasteiger partial charge >= 0.3 is 5.69 Å². The molecular formula is C15H19N3O3S. The zero-order valence-corrected chi connectivity index (χ0v) is 13.6. The Balaban J connectivity index is 2.59. The molecular weight excluding hydrogens is 302 g/mol. The Bertz CT molecular complexity index is 738. The van der Waals surface area contributed by atoms with E-state index >= 15 is 0 Å². The molecule has 1 N–H and O–H groups in total. The minimum absolute atomic E-state index is 0.0993. The van der Waals surface area contributed by atoms with Gasteiger partial charge in [0.2, 0.25) is 0 Å². The fourth-order valence-electron chi connectivity index (χ4n) is 1.94. The molecule has 1 aromatic carbocycles. The molecule has 118 valence electrons. The van der Waals surface area contributed by atoms with Crippen molar-refractivity contribution in [3.63, 3.8) is 0 Å². The Morgan fingerprint density at radius 1 is 1.23 bits per heavy atom. The number of hydrogen-bond donors (Lipinski definition) is 1. The van der Waals surface area contributed by atoms with Crippen molar-refractivity contribution in [2.45, 2.75) is 23.6 Å². The normalized spacial score (nSPS) is 10.7. The summed E-state index contributed by atoms with van der Waals surface area (Å²) in [6, 6.07) is 9.61. The summed E-state index contributed by atoms with van der Waals surface area (Å²) in [5.74, 6) is 0. The highest BCUT2D eigenvalue weighted by atomic mass is 32.2. The number of ether oxygens (including phenoxy) is 1. The molecule has 0 unspecified atom stereocenters. The number of nitrogens with zero attached hydrogens (tertiary/aromatic N) is 2. The van der Waals surface area contributed by atoms with Crippen LogP contribution < -0.4 is 16.1 Å². The van der Waals surface area contributed by atoms with Gasteiger partial charge in [-0.15, -0.1) is 0 Å². The lowest BCUT2D eigenvalue weighted by Gasteiger charge is -2.19. The molecule has 0 bridgehead atoms. The van der Waals surface area contributed by atoms with E-state index in [1.165, 1.54) is 16.3 Å². The summed E-state index contributed by atoms with van der Waals surface area (Å²) < 4.78 is 6.80. The van der Waals surface area contributed by atoms with Crippen molar-refractivity contribution in [3.05, 3.63) is 51.2 Å². The van der Waals surface area contributed by atoms with E-state index in [1.54, 1.807) is 19.0 Å². The molecule has 1 heterocycles. The molecule has 0 aliphatic rings. The predicted molar refractivity (Wildman–Crippen MR) is 87.8 cm³/mol. The predicted octanol–water partition coefficient (Wildman–Crippen LogP) is 1.75. The molecule has 0 aliphatic heterocycles. The van der Waals surface area contributed by atoms with Crippen molar-refractivity contribution in [2.24, 2.45) is 0 Å². The van der Waals surface area contributed by atoms with Crippen LogP contribution in [0.5, 0.6) is 0 Å². The van der Waals surface area contributed by atoms with Gasteiger partial charge in [-0.2, -0.15) is 0 Å². The molecule has 2 aromatic rings. The van der Waals surface area contributed by atoms with Crippen molar-refractivity contribution in [1.29, 1.82) is 0 Å². The summed E-state index contributed by atoms with van der Waals surface area (Å²) >= 11 is 1.37. The Kier molecular flexibility index (Phi) is 5.46. The second-order valence-electron chi connectivity index (χ2n) is 4.77. The lowest BCUT2D eigenvalue weighted by molar-refractivity contribution is 0.0785. The maximum atomic E-state index is 12.2. The summed E-state index contributed by atoms with van der Waals surface area (Å²) in [4.78, 5) is 29.3. The minimum atomic E-state index is -0.470. The van der Waals surface area contributed by atoms with Crippen LogP contribution in [0.1, 0.15) is 6.92 Å². The number of nitrogens with one attached hydrogen (secondary N) is 1. The van der Waals surface area contributed by atoms with Crippen LogP contribution in [0.15, 0.2) is 49.8 Å². The van der Waals surface area contributed by atoms with Gasteiger partial charge in [-0.25, -0.2) is 4.79 Å². The van der Waals surface area contributed by atoms with Gasteiger partial charge in [0.15, 0.2) is 0 Å². The van der Waals surface area contributed by atoms with Crippen LogP contribution in [0.2, 0.25) is 0 Å². The Morgan fingerprint density at radius 3 is 2.50 bits per heavy atom. The first-order valence-electron chi connectivity index (χ1n) is 6.89. The Labute approximate surface area is 132 Å². The fourth-order valence-corrected chi connectivity index (χ4v) is 3.07. The zero-order chi connectivity index (χ0) is 16.1. The molecule has 22 heavy (non-hydrogen) atoms. The van der Waals surface area contributed by atoms with E-state index in [9.17, 15) is 9.59 Å². The molecule has 7 heteroatoms. The SMILES string of the molecule is CCOCn1c(Sc2ccccc2)c(N(C)C)c(=O)[nH]c1=O. The van der Waals surface area contributed by atoms with Crippen molar-refractivity contribution in [2.75, 3.05) is 25.6 Å². The number of aromatic amines is 1. The van der Waals surface area contributed by atoms with E-state index in [1.807, 2.05) is 37.3 Å². The zero-order valence-electron chi connectivity index (χ0n) is 12.8. The third kappa shape index (κ3) is 3.61. The maximum absolute atomic E-state index is 12.2. The molecule has 0 atom stereocenters. The van der Waals surface area contributed by atoms with Gasteiger partial charge in [0, 0.05) is 25.6 Å². The van der Waals surface area contributed by atoms with Crippen LogP contribution in [0, 0.1) is 0 Å². The molecule has 6 nitrogen and oxygen atoms in total. The van der Waals surface area contributed by atoms with E-state index < -0.39 is 11.2 Å². The van der Waals surface area contributed by atoms with Crippen LogP contribution >= 0.6 is 11.8 Å². The summed E-state index contributed by atoms with van der Waals surface area (Å²) in [5, 5.41) is 0.568. The van der Waals surface area contributed by atoms with E-state index in [-0.39, 0.29) is 6.73 Å². The lowest BCUT2D eigenvalue weighted by Crippen LogP contribution is -2.35. The summed E-state index contributed by atoms with van der Waals surface area (Å²) in [6.07, 6.45) is 0. The smallest absolute Gasteiger partial charge is 0.331 e. The highest BCUT2D eigenvalue weighted by Crippen LogP contribution is 2.31. The van der Waals surface area contributed by atoms with Gasteiger partial charge < -0.3 is 9.64 Å². The number of aromatic nitrogens is 2. The van der Waals surface area contributed by atoms with E-state index in [0.717, 1.165) is 4.90 Å². The average molecular weight is 321 g/mol. The van der Waals surface area contributed by atoms with E-state index in [2.05, 4.69) is 4.98 Å². The number of benzene rings is 1. The maximum Gasteiger partial charge on any atom is 0.331 e. The van der Waals surface area contributed by atoms with Crippen molar-refractivity contribution in [3.8, 4) is 0 Å². The molecule has 0 aliphatic carbocycles. The first kappa shape index (κ1) is 16.4. The molecule has 0 saturated carbocycles. The molecule has 2 rings (SSSR count). The third-order valence-corrected chi connectivity index (χ3v) is 4.07. The van der Waals surface area contributed by atoms with Crippen molar-refractivity contribution >= 4 is 17.4 Å². The molecule has 0 saturated heterocycles. The monoisotopic (exact) mass is 321 g/mol. The standard InChI is InChI=1S/C15H19N3O3S/c1-4-21-10-18-14(22-11-8-6-5-7-9-11)12(17(2)3)13(19)16-15(18)20/h5-9H,4,10H2,1-3H3,(H,16,19,20). The third-order valence-electron chi connectivity index (χ3n) is 2.96. The topological polar surface area (TPSA) is 67.3 Å². The summed E-state index contributed by atoms with van der Waals surface area (Å²) in [6.45, 7) is 2.44. The molecule has 1 aromatic heterocycles. The molecule has 0 spiro atoms. The number of rotatable bonds is 6. The van der Waals surface area contributed by atoms with Crippen LogP contribution in [0.25, 0.3) is 0 Å². The fraction of sp³-hybridized carbons (Fsp3) is 0.333. The largest absolute Gasteiger partial charge is 0.371 e. The quantitative estimate of drug-likeness (QED) is 0.821. The van der Waals surface area contributed by atoms with Crippen LogP contribution in [0.3, 0.4) is 0 Å². The second-order valence-corrected chi connectivity index (χ2v) is 5.83. The highest BCUT2D eigenvalue weighted by molar-refractivity contribution is 7.99. The summed E-state index contributed by atoms with van der Waals surface area (Å²) in [5.41, 5.74) is -0.434. The highest BCUT2D eigenvalue weighted by Gasteiger charge is 2.17. The minimum Gasteiger partial charge on any atom is -0.371 e. The summed E-state index contributed by atoms with van der Waals surface area (Å²) in [7, 11) is 3.55. The van der Waals surface area contributed by atoms with Crippen LogP contribution in [0.4, 0.5) is 5.69 Å². The lowest BCUT2D eigenvalue weighted by atomic mass is 10.4. The van der Waals surface area contributed by atoms with Crippen molar-refractivity contribution in [1.82, 2.24) is 9.55 Å². The number of hydrogen-bond acceptors (Lipinski definition) is 5. The van der Waals surface area contributed by atoms with Gasteiger partial charge in [0.1, 0.15) is 17.4 Å². The average Bonchev–Trinajstić information content (AvgIpc) is 2.47. The van der Waals surface area contributed by atoms with Crippen molar-refractivity contribution < 1.29 is 4.74 Å². The molecule has 0 fully saturated rings. The van der Waals surface area contributed by atoms with Gasteiger partial charge in [0.05, 0.1) is 0 Å². The van der Waals surface area contributed by atoms with Crippen LogP contribution in [-0.4, -0.2) is 30.3 Å². The van der Waals surface area contributed by atoms with Gasteiger partial charge in [-0.1, -0.05) is 30.0 Å². The van der Waals surface area contributed by atoms with Crippen LogP contribution in [-0.2, 0) is 11.5 Å². The molecule has 0 amide bonds. The van der Waals surface area contributed by atoms with Gasteiger partial charge in [-0.3, -0.25) is 14.3 Å². The first-order chi connectivity index (χ1) is 10.5. The van der Waals surface area contributed by atoms with E-state index in [4.69, 9.17) is 4.74 Å². The number of anilines is 1. The van der Waals surface area contributed by atoms with Gasteiger partial charge in [-0.05, 0) is 19.1 Å². The first-order valence-corrected chi connectivity index (χ1v) is 7.71.